The van der Waals surface area contributed by atoms with E-state index in [9.17, 15) is 38.4 Å². The summed E-state index contributed by atoms with van der Waals surface area (Å²) in [6.07, 6.45) is 34.0. The van der Waals surface area contributed by atoms with Gasteiger partial charge in [-0.2, -0.15) is 0 Å². The van der Waals surface area contributed by atoms with Gasteiger partial charge in [-0.3, -0.25) is 38.4 Å². The molecule has 1 N–H and O–H groups in total. The van der Waals surface area contributed by atoms with E-state index >= 15 is 0 Å². The van der Waals surface area contributed by atoms with Crippen molar-refractivity contribution >= 4 is 110 Å². The summed E-state index contributed by atoms with van der Waals surface area (Å²) in [4.78, 5) is 114. The predicted octanol–water partition coefficient (Wildman–Crippen LogP) is 19.1. The minimum absolute atomic E-state index is 0. The number of carbonyl (C=O) groups is 8. The van der Waals surface area contributed by atoms with E-state index in [2.05, 4.69) is 202 Å². The molecule has 4 aliphatic carbocycles. The van der Waals surface area contributed by atoms with Crippen LogP contribution in [0.5, 0.6) is 0 Å². The molecular formula is C110H122Br4N8O8. The number of aromatic amines is 1. The zero-order chi connectivity index (χ0) is 88.3. The Labute approximate surface area is 804 Å². The first-order chi connectivity index (χ1) is 61.7. The molecule has 0 aliphatic heterocycles. The van der Waals surface area contributed by atoms with Gasteiger partial charge in [0.15, 0.2) is 0 Å². The Kier molecular flexibility index (Phi) is 40.8. The number of aryl methyl sites for hydroxylation is 8. The fourth-order valence-electron chi connectivity index (χ4n) is 17.0. The predicted molar refractivity (Wildman–Crippen MR) is 522 cm³/mol. The number of carbonyl (C=O) groups excluding carboxylic acids is 8. The van der Waals surface area contributed by atoms with Gasteiger partial charge in [-0.15, -0.1) is 0 Å². The highest BCUT2D eigenvalue weighted by atomic mass is 79.9. The van der Waals surface area contributed by atoms with Gasteiger partial charge in [0, 0.05) is 74.6 Å². The van der Waals surface area contributed by atoms with Gasteiger partial charge in [0.05, 0.1) is 38.8 Å². The third-order valence-corrected chi connectivity index (χ3v) is 24.8. The highest BCUT2D eigenvalue weighted by Gasteiger charge is 2.43. The molecule has 0 bridgehead atoms. The second kappa shape index (κ2) is 51.6. The molecule has 20 heteroatoms. The molecule has 16 nitrogen and oxygen atoms in total. The Bertz CT molecular complexity index is 5950. The number of benzene rings is 10. The largest absolute Gasteiger partial charge is 1.00 e. The Hall–Kier alpha value is -10.9. The highest BCUT2D eigenvalue weighted by Crippen LogP contribution is 2.32. The van der Waals surface area contributed by atoms with Gasteiger partial charge in [0.2, 0.25) is 81.7 Å². The number of rotatable bonds is 31. The summed E-state index contributed by atoms with van der Waals surface area (Å²) in [7, 11) is 0. The maximum Gasteiger partial charge on any atom is 0.244 e. The number of H-pyrrole nitrogens is 1. The van der Waals surface area contributed by atoms with Crippen LogP contribution in [0.15, 0.2) is 250 Å². The summed E-state index contributed by atoms with van der Waals surface area (Å²) in [5, 5.41) is 9.75. The monoisotopic (exact) mass is 2000 g/mol. The molecule has 0 unspecified atom stereocenters. The summed E-state index contributed by atoms with van der Waals surface area (Å²) in [6.45, 7) is 12.4. The standard InChI is InChI=1S/2C30H31N2O2.C18H20N2O2.C12H11Br.C11H6N2O2.C7H15Br.2CH4.2BrH/c2*1-2-3-4-5-10-18-31-21-32(19-17-22-15-16-23-11-6-7-12-24(23)20-22)28-27(31)29(33)25-13-8-9-14-26(25)30(28)34;1-2-3-4-5-8-11-20-12-19-15-16(20)18(22)14-10-7-6-9-13(14)17(15)21;13-8-7-10-5-6-11-3-1-2-4-12(11)9-10;14-10-6-3-1-2-4-7(6)11(15)9-8(10)12-5-13-9;1-2-3-4-5-6-7-8;;;;/h2*6-9,11-16,20-21H,2-5,10,17-19H2,1H3;6-7,9-10,12H,2-5,8,11H2,1H3;1-6,9H,7-8H2;1-5H,(H,12,13);2-7H2,1H3;2*1H4;2*1H/q2*+1;;;;;;;;/p-2. The summed E-state index contributed by atoms with van der Waals surface area (Å²) in [6, 6.07) is 73.0. The fraction of sp³-hybridized carbons (Fsp3) is 0.327. The number of alkyl halides is 2. The normalized spacial score (nSPS) is 12.1. The Balaban J connectivity index is 0.000000185. The average Bonchev–Trinajstić information content (AvgIpc) is 1.59. The smallest absolute Gasteiger partial charge is 0.244 e. The van der Waals surface area contributed by atoms with E-state index in [-0.39, 0.29) is 101 Å². The molecule has 0 saturated carbocycles. The third kappa shape index (κ3) is 25.0. The molecular weight excluding hydrogens is 1880 g/mol. The third-order valence-electron chi connectivity index (χ3n) is 23.9. The minimum atomic E-state index is -0.193. The second-order valence-electron chi connectivity index (χ2n) is 32.8. The second-order valence-corrected chi connectivity index (χ2v) is 34.4. The first kappa shape index (κ1) is 103. The molecule has 4 heterocycles. The number of unbranched alkanes of at least 4 members (excludes halogenated alkanes) is 16. The van der Waals surface area contributed by atoms with Crippen molar-refractivity contribution in [2.24, 2.45) is 0 Å². The fourth-order valence-corrected chi connectivity index (χ4v) is 17.9. The summed E-state index contributed by atoms with van der Waals surface area (Å²) < 4.78 is 9.91. The van der Waals surface area contributed by atoms with Crippen molar-refractivity contribution in [1.82, 2.24) is 28.7 Å². The van der Waals surface area contributed by atoms with Crippen molar-refractivity contribution in [2.75, 3.05) is 10.7 Å². The van der Waals surface area contributed by atoms with Gasteiger partial charge in [0.25, 0.3) is 0 Å². The lowest BCUT2D eigenvalue weighted by atomic mass is 9.90. The van der Waals surface area contributed by atoms with Crippen molar-refractivity contribution in [1.29, 1.82) is 0 Å². The van der Waals surface area contributed by atoms with Crippen LogP contribution in [0.25, 0.3) is 32.3 Å². The van der Waals surface area contributed by atoms with Crippen molar-refractivity contribution in [3.05, 3.63) is 357 Å². The average molecular weight is 2000 g/mol. The van der Waals surface area contributed by atoms with Crippen LogP contribution in [0, 0.1) is 0 Å². The van der Waals surface area contributed by atoms with Gasteiger partial charge in [0.1, 0.15) is 22.8 Å². The Morgan fingerprint density at radius 1 is 0.300 bits per heavy atom. The molecule has 4 aromatic heterocycles. The first-order valence-electron chi connectivity index (χ1n) is 45.3. The zero-order valence-corrected chi connectivity index (χ0v) is 80.1. The molecule has 130 heavy (non-hydrogen) atoms. The number of aromatic nitrogens is 8. The minimum Gasteiger partial charge on any atom is -1.00 e. The molecule has 0 saturated heterocycles. The van der Waals surface area contributed by atoms with Crippen LogP contribution in [0.3, 0.4) is 0 Å². The van der Waals surface area contributed by atoms with Gasteiger partial charge in [-0.05, 0) is 94.0 Å². The maximum atomic E-state index is 13.5. The molecule has 4 aliphatic rings. The first-order valence-corrected chi connectivity index (χ1v) is 47.5. The lowest BCUT2D eigenvalue weighted by Gasteiger charge is -2.15. The number of hydrogen-bond acceptors (Lipinski definition) is 10. The number of nitrogens with zero attached hydrogens (tertiary/aromatic N) is 7. The lowest BCUT2D eigenvalue weighted by Crippen LogP contribution is -3.00. The molecule has 0 fully saturated rings. The SMILES string of the molecule is BrCCc1ccc2ccccc2c1.C.C.CCCCCCCBr.CCCCCCC[n+]1cn(CCc2ccc3ccccc3c2)c2c1C(=O)c1ccccc1C2=O.CCCCCCC[n+]1cn(CCc2ccc3ccccc3c2)c2c1C(=O)c1ccccc1C2=O.CCCCCCCn1cnc2c1C(=O)c1ccccc1C2=O.O=C1c2ccccc2C(=O)c2[nH]cnc21.[Br-].[Br-]. The number of hydrogen-bond donors (Lipinski definition) is 1. The number of halogens is 4. The molecule has 678 valence electrons. The quantitative estimate of drug-likeness (QED) is 0.0248. The highest BCUT2D eigenvalue weighted by molar-refractivity contribution is 9.09. The summed E-state index contributed by atoms with van der Waals surface area (Å²) in [5.41, 5.74) is 11.2. The van der Waals surface area contributed by atoms with Gasteiger partial charge < -0.3 is 43.5 Å². The van der Waals surface area contributed by atoms with Gasteiger partial charge >= 0.3 is 0 Å². The van der Waals surface area contributed by atoms with Crippen LogP contribution in [0.1, 0.15) is 316 Å². The van der Waals surface area contributed by atoms with E-state index in [1.54, 1.807) is 79.1 Å². The van der Waals surface area contributed by atoms with Crippen LogP contribution in [0.4, 0.5) is 0 Å². The molecule has 0 atom stereocenters. The number of nitrogens with one attached hydrogen (secondary N) is 1. The van der Waals surface area contributed by atoms with E-state index in [0.717, 1.165) is 82.8 Å². The number of ketones is 8. The molecule has 18 rings (SSSR count). The molecule has 0 radical (unpaired) electrons. The van der Waals surface area contributed by atoms with Crippen molar-refractivity contribution < 1.29 is 81.5 Å². The maximum absolute atomic E-state index is 13.5. The Morgan fingerprint density at radius 2 is 0.623 bits per heavy atom. The Morgan fingerprint density at radius 3 is 1.01 bits per heavy atom. The van der Waals surface area contributed by atoms with E-state index in [0.29, 0.717) is 97.5 Å². The van der Waals surface area contributed by atoms with Crippen LogP contribution >= 0.6 is 31.9 Å². The number of fused-ring (bicyclic) bond motifs is 11. The van der Waals surface area contributed by atoms with Crippen LogP contribution in [-0.2, 0) is 52.0 Å². The van der Waals surface area contributed by atoms with Crippen LogP contribution < -0.4 is 43.1 Å². The zero-order valence-electron chi connectivity index (χ0n) is 73.8. The lowest BCUT2D eigenvalue weighted by molar-refractivity contribution is -0.698. The molecule has 14 aromatic rings. The van der Waals surface area contributed by atoms with Gasteiger partial charge in [-0.1, -0.05) is 389 Å². The summed E-state index contributed by atoms with van der Waals surface area (Å²) >= 11 is 6.85. The van der Waals surface area contributed by atoms with Crippen molar-refractivity contribution in [3.63, 3.8) is 0 Å². The summed E-state index contributed by atoms with van der Waals surface area (Å²) in [5.74, 6) is -0.765. The van der Waals surface area contributed by atoms with Crippen molar-refractivity contribution in [2.45, 2.75) is 223 Å². The van der Waals surface area contributed by atoms with E-state index in [1.807, 2.05) is 59.8 Å². The molecule has 0 spiro atoms. The van der Waals surface area contributed by atoms with E-state index in [4.69, 9.17) is 0 Å². The van der Waals surface area contributed by atoms with E-state index < -0.39 is 0 Å². The van der Waals surface area contributed by atoms with Gasteiger partial charge in [-0.25, -0.2) is 28.2 Å². The van der Waals surface area contributed by atoms with Crippen LogP contribution in [-0.4, -0.2) is 85.6 Å². The topological polar surface area (TPSA) is 201 Å². The van der Waals surface area contributed by atoms with E-state index in [1.165, 1.54) is 151 Å². The van der Waals surface area contributed by atoms with Crippen molar-refractivity contribution in [3.8, 4) is 0 Å². The molecule has 0 amide bonds. The number of imidazole rings is 4. The van der Waals surface area contributed by atoms with Crippen LogP contribution in [0.2, 0.25) is 0 Å². The molecule has 10 aromatic carbocycles.